The Balaban J connectivity index is 1.38. The second-order valence-corrected chi connectivity index (χ2v) is 5.80. The summed E-state index contributed by atoms with van der Waals surface area (Å²) < 4.78 is 11.7. The van der Waals surface area contributed by atoms with Gasteiger partial charge in [0.1, 0.15) is 24.5 Å². The normalized spacial score (nSPS) is 14.4. The summed E-state index contributed by atoms with van der Waals surface area (Å²) in [7, 11) is 0. The second kappa shape index (κ2) is 7.92. The summed E-state index contributed by atoms with van der Waals surface area (Å²) in [6.07, 6.45) is 6.66. The van der Waals surface area contributed by atoms with Crippen LogP contribution in [0.25, 0.3) is 11.0 Å². The molecule has 8 heteroatoms. The van der Waals surface area contributed by atoms with E-state index < -0.39 is 0 Å². The molecule has 1 aliphatic heterocycles. The summed E-state index contributed by atoms with van der Waals surface area (Å²) in [5.41, 5.74) is 1.55. The largest absolute Gasteiger partial charge is 0.488 e. The molecule has 134 valence electrons. The van der Waals surface area contributed by atoms with Gasteiger partial charge in [-0.2, -0.15) is 0 Å². The molecule has 1 N–H and O–H groups in total. The first-order chi connectivity index (χ1) is 12.9. The molecule has 26 heavy (non-hydrogen) atoms. The van der Waals surface area contributed by atoms with Crippen LogP contribution in [-0.4, -0.2) is 59.3 Å². The second-order valence-electron chi connectivity index (χ2n) is 5.80. The van der Waals surface area contributed by atoms with Crippen molar-refractivity contribution in [2.24, 2.45) is 0 Å². The van der Waals surface area contributed by atoms with Gasteiger partial charge in [0.05, 0.1) is 5.52 Å². The minimum absolute atomic E-state index is 0.369. The molecule has 0 unspecified atom stereocenters. The molecular formula is C18H20N6O2. The minimum Gasteiger partial charge on any atom is -0.488 e. The summed E-state index contributed by atoms with van der Waals surface area (Å²) in [6.45, 7) is 4.39. The van der Waals surface area contributed by atoms with Crippen LogP contribution >= 0.6 is 0 Å². The Kier molecular flexibility index (Phi) is 5.02. The number of aromatic nitrogens is 4. The number of hydrogen-bond donors (Lipinski definition) is 1. The van der Waals surface area contributed by atoms with Crippen molar-refractivity contribution in [3.05, 3.63) is 43.0 Å². The molecule has 2 aromatic heterocycles. The fourth-order valence-electron chi connectivity index (χ4n) is 2.89. The quantitative estimate of drug-likeness (QED) is 0.664. The summed E-state index contributed by atoms with van der Waals surface area (Å²) in [6, 6.07) is 5.69. The Hall–Kier alpha value is -3.00. The third-order valence-corrected chi connectivity index (χ3v) is 4.10. The molecule has 1 fully saturated rings. The van der Waals surface area contributed by atoms with Gasteiger partial charge in [-0.05, 0) is 12.1 Å². The molecule has 0 spiro atoms. The van der Waals surface area contributed by atoms with E-state index >= 15 is 0 Å². The molecule has 1 saturated heterocycles. The SMILES string of the molecule is c1cc(OCCOc2nccnc2N2CCNCC2)c2nccnc2c1. The van der Waals surface area contributed by atoms with E-state index in [0.717, 1.165) is 43.0 Å². The van der Waals surface area contributed by atoms with E-state index in [1.54, 1.807) is 24.8 Å². The summed E-state index contributed by atoms with van der Waals surface area (Å²) in [5.74, 6) is 2.02. The lowest BCUT2D eigenvalue weighted by molar-refractivity contribution is 0.213. The van der Waals surface area contributed by atoms with Crippen LogP contribution in [0.2, 0.25) is 0 Å². The first-order valence-corrected chi connectivity index (χ1v) is 8.64. The van der Waals surface area contributed by atoms with Crippen LogP contribution in [0.5, 0.6) is 11.6 Å². The molecule has 0 amide bonds. The van der Waals surface area contributed by atoms with Gasteiger partial charge in [0.15, 0.2) is 5.82 Å². The zero-order valence-electron chi connectivity index (χ0n) is 14.3. The van der Waals surface area contributed by atoms with E-state index in [-0.39, 0.29) is 0 Å². The first-order valence-electron chi connectivity index (χ1n) is 8.64. The zero-order chi connectivity index (χ0) is 17.6. The Morgan fingerprint density at radius 2 is 1.65 bits per heavy atom. The number of piperazine rings is 1. The van der Waals surface area contributed by atoms with Gasteiger partial charge in [0, 0.05) is 51.0 Å². The van der Waals surface area contributed by atoms with Gasteiger partial charge in [-0.1, -0.05) is 6.07 Å². The molecule has 0 bridgehead atoms. The molecule has 0 atom stereocenters. The molecule has 8 nitrogen and oxygen atoms in total. The zero-order valence-corrected chi connectivity index (χ0v) is 14.3. The molecule has 1 aliphatic rings. The highest BCUT2D eigenvalue weighted by atomic mass is 16.5. The van der Waals surface area contributed by atoms with Crippen LogP contribution < -0.4 is 19.7 Å². The topological polar surface area (TPSA) is 85.3 Å². The minimum atomic E-state index is 0.369. The van der Waals surface area contributed by atoms with Crippen molar-refractivity contribution in [2.45, 2.75) is 0 Å². The third kappa shape index (κ3) is 3.65. The highest BCUT2D eigenvalue weighted by Gasteiger charge is 2.17. The molecule has 4 rings (SSSR count). The molecule has 0 aliphatic carbocycles. The standard InChI is InChI=1S/C18H20N6O2/c1-2-14-16(21-5-4-20-14)15(3-1)25-12-13-26-18-17(22-6-7-23-18)24-10-8-19-9-11-24/h1-7,19H,8-13H2. The third-order valence-electron chi connectivity index (χ3n) is 4.10. The van der Waals surface area contributed by atoms with Crippen LogP contribution in [0.4, 0.5) is 5.82 Å². The summed E-state index contributed by atoms with van der Waals surface area (Å²) in [4.78, 5) is 19.5. The van der Waals surface area contributed by atoms with Gasteiger partial charge in [0.2, 0.25) is 0 Å². The molecule has 1 aromatic carbocycles. The van der Waals surface area contributed by atoms with Crippen molar-refractivity contribution >= 4 is 16.9 Å². The van der Waals surface area contributed by atoms with Gasteiger partial charge in [-0.3, -0.25) is 4.98 Å². The number of anilines is 1. The smallest absolute Gasteiger partial charge is 0.257 e. The fraction of sp³-hybridized carbons (Fsp3) is 0.333. The van der Waals surface area contributed by atoms with Gasteiger partial charge < -0.3 is 19.7 Å². The number of rotatable bonds is 6. The van der Waals surface area contributed by atoms with Gasteiger partial charge in [-0.25, -0.2) is 15.0 Å². The summed E-state index contributed by atoms with van der Waals surface area (Å²) in [5, 5.41) is 3.33. The lowest BCUT2D eigenvalue weighted by Crippen LogP contribution is -2.44. The number of hydrogen-bond acceptors (Lipinski definition) is 8. The maximum absolute atomic E-state index is 5.83. The van der Waals surface area contributed by atoms with Crippen molar-refractivity contribution in [2.75, 3.05) is 44.3 Å². The Labute approximate surface area is 151 Å². The average Bonchev–Trinajstić information content (AvgIpc) is 2.72. The van der Waals surface area contributed by atoms with Crippen molar-refractivity contribution in [1.29, 1.82) is 0 Å². The van der Waals surface area contributed by atoms with Crippen molar-refractivity contribution in [3.8, 4) is 11.6 Å². The Morgan fingerprint density at radius 1 is 0.885 bits per heavy atom. The van der Waals surface area contributed by atoms with Gasteiger partial charge in [-0.15, -0.1) is 0 Å². The van der Waals surface area contributed by atoms with Crippen molar-refractivity contribution in [3.63, 3.8) is 0 Å². The highest BCUT2D eigenvalue weighted by Crippen LogP contribution is 2.23. The Morgan fingerprint density at radius 3 is 2.58 bits per heavy atom. The van der Waals surface area contributed by atoms with Crippen LogP contribution in [-0.2, 0) is 0 Å². The predicted molar refractivity (Wildman–Crippen MR) is 97.6 cm³/mol. The maximum Gasteiger partial charge on any atom is 0.257 e. The van der Waals surface area contributed by atoms with Crippen LogP contribution in [0.1, 0.15) is 0 Å². The number of nitrogens with one attached hydrogen (secondary N) is 1. The van der Waals surface area contributed by atoms with Crippen LogP contribution in [0, 0.1) is 0 Å². The van der Waals surface area contributed by atoms with E-state index in [4.69, 9.17) is 9.47 Å². The summed E-state index contributed by atoms with van der Waals surface area (Å²) >= 11 is 0. The predicted octanol–water partition coefficient (Wildman–Crippen LogP) is 1.29. The molecular weight excluding hydrogens is 332 g/mol. The van der Waals surface area contributed by atoms with E-state index in [9.17, 15) is 0 Å². The van der Waals surface area contributed by atoms with E-state index in [0.29, 0.717) is 24.8 Å². The highest BCUT2D eigenvalue weighted by molar-refractivity contribution is 5.80. The molecule has 3 heterocycles. The number of benzene rings is 1. The van der Waals surface area contributed by atoms with Gasteiger partial charge in [0.25, 0.3) is 5.88 Å². The average molecular weight is 352 g/mol. The number of ether oxygens (including phenoxy) is 2. The maximum atomic E-state index is 5.83. The van der Waals surface area contributed by atoms with Crippen LogP contribution in [0.3, 0.4) is 0 Å². The van der Waals surface area contributed by atoms with E-state index in [2.05, 4.69) is 30.2 Å². The number of para-hydroxylation sites is 1. The lowest BCUT2D eigenvalue weighted by atomic mass is 10.3. The molecule has 0 saturated carbocycles. The van der Waals surface area contributed by atoms with E-state index in [1.165, 1.54) is 0 Å². The Bertz CT molecular complexity index is 864. The van der Waals surface area contributed by atoms with E-state index in [1.807, 2.05) is 18.2 Å². The number of fused-ring (bicyclic) bond motifs is 1. The fourth-order valence-corrected chi connectivity index (χ4v) is 2.89. The monoisotopic (exact) mass is 352 g/mol. The molecule has 0 radical (unpaired) electrons. The molecule has 3 aromatic rings. The lowest BCUT2D eigenvalue weighted by Gasteiger charge is -2.28. The van der Waals surface area contributed by atoms with Crippen LogP contribution in [0.15, 0.2) is 43.0 Å². The first kappa shape index (κ1) is 16.5. The van der Waals surface area contributed by atoms with Crippen molar-refractivity contribution in [1.82, 2.24) is 25.3 Å². The van der Waals surface area contributed by atoms with Crippen molar-refractivity contribution < 1.29 is 9.47 Å². The number of nitrogens with zero attached hydrogens (tertiary/aromatic N) is 5. The van der Waals surface area contributed by atoms with Gasteiger partial charge >= 0.3 is 0 Å².